The number of ketones is 1. The van der Waals surface area contributed by atoms with Gasteiger partial charge in [-0.15, -0.1) is 0 Å². The molecule has 0 spiro atoms. The van der Waals surface area contributed by atoms with E-state index in [4.69, 9.17) is 9.47 Å². The Labute approximate surface area is 208 Å². The third-order valence-corrected chi connectivity index (χ3v) is 6.32. The highest BCUT2D eigenvalue weighted by atomic mass is 16.5. The van der Waals surface area contributed by atoms with Crippen molar-refractivity contribution >= 4 is 17.4 Å². The van der Waals surface area contributed by atoms with E-state index in [9.17, 15) is 14.7 Å². The van der Waals surface area contributed by atoms with Crippen molar-refractivity contribution in [2.75, 3.05) is 20.3 Å². The molecule has 0 radical (unpaired) electrons. The Morgan fingerprint density at radius 1 is 1.09 bits per heavy atom. The van der Waals surface area contributed by atoms with Crippen molar-refractivity contribution in [3.63, 3.8) is 0 Å². The summed E-state index contributed by atoms with van der Waals surface area (Å²) < 4.78 is 10.9. The number of methoxy groups -OCH3 is 1. The van der Waals surface area contributed by atoms with Gasteiger partial charge in [-0.1, -0.05) is 45.0 Å². The number of amides is 1. The molecule has 1 heterocycles. The number of aliphatic hydroxyl groups excluding tert-OH is 1. The van der Waals surface area contributed by atoms with Crippen LogP contribution in [0.1, 0.15) is 69.3 Å². The van der Waals surface area contributed by atoms with E-state index in [1.165, 1.54) is 0 Å². The summed E-state index contributed by atoms with van der Waals surface area (Å²) in [6, 6.07) is 12.5. The quantitative estimate of drug-likeness (QED) is 0.233. The lowest BCUT2D eigenvalue weighted by molar-refractivity contribution is -0.140. The van der Waals surface area contributed by atoms with Crippen molar-refractivity contribution in [2.24, 2.45) is 0 Å². The number of Topliss-reactive ketones (excluding diaryl/α,β-unsaturated/α-hetero) is 1. The molecule has 6 nitrogen and oxygen atoms in total. The number of aryl methyl sites for hydroxylation is 1. The van der Waals surface area contributed by atoms with E-state index in [-0.39, 0.29) is 22.9 Å². The highest BCUT2D eigenvalue weighted by molar-refractivity contribution is 6.46. The molecule has 0 aliphatic carbocycles. The highest BCUT2D eigenvalue weighted by Crippen LogP contribution is 2.40. The molecule has 1 atom stereocenters. The van der Waals surface area contributed by atoms with Crippen LogP contribution in [0.3, 0.4) is 0 Å². The normalized spacial score (nSPS) is 17.9. The minimum Gasteiger partial charge on any atom is -0.507 e. The smallest absolute Gasteiger partial charge is 0.295 e. The summed E-state index contributed by atoms with van der Waals surface area (Å²) in [5, 5.41) is 11.3. The zero-order valence-corrected chi connectivity index (χ0v) is 21.8. The predicted octanol–water partition coefficient (Wildman–Crippen LogP) is 5.54. The topological polar surface area (TPSA) is 76.1 Å². The SMILES string of the molecule is COc1ccc(/C(O)=C2/C(=O)C(=O)N(CCCOC(C)C)C2c2ccc(C(C)(C)C)cc2)c(C)c1. The highest BCUT2D eigenvalue weighted by Gasteiger charge is 2.46. The van der Waals surface area contributed by atoms with Gasteiger partial charge in [0.15, 0.2) is 0 Å². The standard InChI is InChI=1S/C29H37NO5/c1-18(2)35-16-8-15-30-25(20-9-11-21(12-10-20)29(4,5)6)24(27(32)28(30)33)26(31)23-14-13-22(34-7)17-19(23)3/h9-14,17-18,25,31H,8,15-16H2,1-7H3/b26-24-. The molecule has 1 aliphatic rings. The predicted molar refractivity (Wildman–Crippen MR) is 138 cm³/mol. The number of aliphatic hydroxyl groups is 1. The monoisotopic (exact) mass is 479 g/mol. The van der Waals surface area contributed by atoms with Gasteiger partial charge in [0.25, 0.3) is 11.7 Å². The van der Waals surface area contributed by atoms with E-state index >= 15 is 0 Å². The van der Waals surface area contributed by atoms with E-state index in [1.807, 2.05) is 45.0 Å². The van der Waals surface area contributed by atoms with Gasteiger partial charge in [0.05, 0.1) is 24.8 Å². The second-order valence-electron chi connectivity index (χ2n) is 10.3. The lowest BCUT2D eigenvalue weighted by atomic mass is 9.85. The van der Waals surface area contributed by atoms with E-state index in [0.717, 1.165) is 16.7 Å². The first-order valence-corrected chi connectivity index (χ1v) is 12.1. The fourth-order valence-electron chi connectivity index (χ4n) is 4.35. The van der Waals surface area contributed by atoms with Crippen LogP contribution in [0.15, 0.2) is 48.0 Å². The van der Waals surface area contributed by atoms with Crippen LogP contribution in [0, 0.1) is 6.92 Å². The molecular weight excluding hydrogens is 442 g/mol. The summed E-state index contributed by atoms with van der Waals surface area (Å²) in [7, 11) is 1.57. The molecule has 35 heavy (non-hydrogen) atoms. The van der Waals surface area contributed by atoms with Gasteiger partial charge in [-0.3, -0.25) is 9.59 Å². The number of ether oxygens (including phenoxy) is 2. The number of hydrogen-bond donors (Lipinski definition) is 1. The summed E-state index contributed by atoms with van der Waals surface area (Å²) in [4.78, 5) is 28.0. The molecule has 1 N–H and O–H groups in total. The van der Waals surface area contributed by atoms with E-state index < -0.39 is 17.7 Å². The first kappa shape index (κ1) is 26.5. The fraction of sp³-hybridized carbons (Fsp3) is 0.448. The Morgan fingerprint density at radius 2 is 1.74 bits per heavy atom. The molecular formula is C29H37NO5. The lowest BCUT2D eigenvalue weighted by Gasteiger charge is -2.27. The third-order valence-electron chi connectivity index (χ3n) is 6.32. The number of hydrogen-bond acceptors (Lipinski definition) is 5. The third kappa shape index (κ3) is 5.76. The summed E-state index contributed by atoms with van der Waals surface area (Å²) in [5.41, 5.74) is 3.26. The van der Waals surface area contributed by atoms with Gasteiger partial charge < -0.3 is 19.5 Å². The molecule has 1 unspecified atom stereocenters. The van der Waals surface area contributed by atoms with Crippen molar-refractivity contribution in [1.29, 1.82) is 0 Å². The van der Waals surface area contributed by atoms with Gasteiger partial charge in [0.1, 0.15) is 11.5 Å². The zero-order valence-electron chi connectivity index (χ0n) is 21.8. The maximum Gasteiger partial charge on any atom is 0.295 e. The van der Waals surface area contributed by atoms with Gasteiger partial charge in [-0.05, 0) is 67.5 Å². The van der Waals surface area contributed by atoms with E-state index in [0.29, 0.717) is 30.9 Å². The molecule has 0 bridgehead atoms. The molecule has 188 valence electrons. The minimum atomic E-state index is -0.676. The Bertz CT molecular complexity index is 1110. The first-order chi connectivity index (χ1) is 16.5. The maximum atomic E-state index is 13.3. The van der Waals surface area contributed by atoms with Gasteiger partial charge in [0, 0.05) is 18.7 Å². The van der Waals surface area contributed by atoms with Crippen LogP contribution in [0.25, 0.3) is 5.76 Å². The van der Waals surface area contributed by atoms with E-state index in [1.54, 1.807) is 30.2 Å². The number of rotatable bonds is 8. The maximum absolute atomic E-state index is 13.3. The number of benzene rings is 2. The van der Waals surface area contributed by atoms with Gasteiger partial charge >= 0.3 is 0 Å². The molecule has 0 aromatic heterocycles. The largest absolute Gasteiger partial charge is 0.507 e. The molecule has 1 fully saturated rings. The Morgan fingerprint density at radius 3 is 2.29 bits per heavy atom. The second-order valence-corrected chi connectivity index (χ2v) is 10.3. The molecule has 3 rings (SSSR count). The average molecular weight is 480 g/mol. The minimum absolute atomic E-state index is 0.0330. The Balaban J connectivity index is 2.09. The number of likely N-dealkylation sites (tertiary alicyclic amines) is 1. The summed E-state index contributed by atoms with van der Waals surface area (Å²) in [6.45, 7) is 13.0. The number of carbonyl (C=O) groups is 2. The first-order valence-electron chi connectivity index (χ1n) is 12.1. The molecule has 1 aliphatic heterocycles. The van der Waals surface area contributed by atoms with Crippen molar-refractivity contribution < 1.29 is 24.2 Å². The van der Waals surface area contributed by atoms with Crippen LogP contribution in [0.4, 0.5) is 0 Å². The van der Waals surface area contributed by atoms with Crippen LogP contribution >= 0.6 is 0 Å². The molecule has 1 saturated heterocycles. The van der Waals surface area contributed by atoms with E-state index in [2.05, 4.69) is 20.8 Å². The second kappa shape index (κ2) is 10.6. The summed E-state index contributed by atoms with van der Waals surface area (Å²) >= 11 is 0. The summed E-state index contributed by atoms with van der Waals surface area (Å²) in [5.74, 6) is -0.798. The average Bonchev–Trinajstić information content (AvgIpc) is 3.05. The fourth-order valence-corrected chi connectivity index (χ4v) is 4.35. The molecule has 2 aromatic carbocycles. The Kier molecular flexibility index (Phi) is 8.06. The van der Waals surface area contributed by atoms with Crippen LogP contribution in [0.5, 0.6) is 5.75 Å². The van der Waals surface area contributed by atoms with Crippen LogP contribution in [-0.2, 0) is 19.7 Å². The van der Waals surface area contributed by atoms with Crippen LogP contribution < -0.4 is 4.74 Å². The lowest BCUT2D eigenvalue weighted by Crippen LogP contribution is -2.31. The van der Waals surface area contributed by atoms with Gasteiger partial charge in [0.2, 0.25) is 0 Å². The number of nitrogens with zero attached hydrogens (tertiary/aromatic N) is 1. The molecule has 2 aromatic rings. The molecule has 1 amide bonds. The zero-order chi connectivity index (χ0) is 25.9. The van der Waals surface area contributed by atoms with Crippen molar-refractivity contribution in [2.45, 2.75) is 65.5 Å². The van der Waals surface area contributed by atoms with Crippen LogP contribution in [0.2, 0.25) is 0 Å². The van der Waals surface area contributed by atoms with Gasteiger partial charge in [-0.2, -0.15) is 0 Å². The Hall–Kier alpha value is -3.12. The van der Waals surface area contributed by atoms with Gasteiger partial charge in [-0.25, -0.2) is 0 Å². The number of carbonyl (C=O) groups excluding carboxylic acids is 2. The van der Waals surface area contributed by atoms with Crippen molar-refractivity contribution in [3.8, 4) is 5.75 Å². The molecule has 0 saturated carbocycles. The van der Waals surface area contributed by atoms with Crippen molar-refractivity contribution in [1.82, 2.24) is 4.90 Å². The van der Waals surface area contributed by atoms with Crippen molar-refractivity contribution in [3.05, 3.63) is 70.3 Å². The van der Waals surface area contributed by atoms with Crippen LogP contribution in [-0.4, -0.2) is 48.1 Å². The summed E-state index contributed by atoms with van der Waals surface area (Å²) in [6.07, 6.45) is 0.674. The molecule has 6 heteroatoms.